The molecule has 0 aromatic heterocycles. The smallest absolute Gasteiger partial charge is 0.345 e. The number of esters is 2. The summed E-state index contributed by atoms with van der Waals surface area (Å²) in [5.41, 5.74) is 3.10. The van der Waals surface area contributed by atoms with E-state index in [0.717, 1.165) is 0 Å². The number of hydrogen-bond donors (Lipinski definition) is 4. The predicted molar refractivity (Wildman–Crippen MR) is 188 cm³/mol. The molecule has 12 heteroatoms. The van der Waals surface area contributed by atoms with E-state index in [1.54, 1.807) is 101 Å². The summed E-state index contributed by atoms with van der Waals surface area (Å²) in [6.07, 6.45) is 0. The molecule has 230 valence electrons. The lowest BCUT2D eigenvalue weighted by Gasteiger charge is -2.20. The Bertz CT molecular complexity index is 1500. The molecule has 0 fully saturated rings. The zero-order chi connectivity index (χ0) is 32.6. The number of ether oxygens (including phenoxy) is 2. The van der Waals surface area contributed by atoms with Crippen molar-refractivity contribution >= 4 is 95.5 Å². The molecule has 0 radical (unpaired) electrons. The molecular weight excluding hydrogens is 637 g/mol. The Morgan fingerprint density at radius 2 is 0.909 bits per heavy atom. The van der Waals surface area contributed by atoms with Gasteiger partial charge in [0.05, 0.1) is 13.2 Å². The van der Waals surface area contributed by atoms with Gasteiger partial charge < -0.3 is 19.3 Å². The highest BCUT2D eigenvalue weighted by Crippen LogP contribution is 2.29. The van der Waals surface area contributed by atoms with Crippen molar-refractivity contribution in [3.05, 3.63) is 105 Å². The normalized spacial score (nSPS) is 12.0. The van der Waals surface area contributed by atoms with Crippen LogP contribution in [0, 0.1) is 0 Å². The molecule has 3 rings (SSSR count). The lowest BCUT2D eigenvalue weighted by molar-refractivity contribution is -0.138. The maximum Gasteiger partial charge on any atom is 0.345 e. The lowest BCUT2D eigenvalue weighted by atomic mass is 10.1. The summed E-state index contributed by atoms with van der Waals surface area (Å²) in [7, 11) is 3.25. The van der Waals surface area contributed by atoms with E-state index in [1.807, 2.05) is 0 Å². The molecule has 0 spiro atoms. The van der Waals surface area contributed by atoms with E-state index in [9.17, 15) is 19.2 Å². The average molecular weight is 669 g/mol. The van der Waals surface area contributed by atoms with E-state index >= 15 is 0 Å². The minimum Gasteiger partial charge on any atom is -0.462 e. The predicted octanol–water partition coefficient (Wildman–Crippen LogP) is 6.42. The third kappa shape index (κ3) is 8.32. The third-order valence-electron chi connectivity index (χ3n) is 6.41. The van der Waals surface area contributed by atoms with Gasteiger partial charge in [-0.25, -0.2) is 9.59 Å². The molecular formula is C32H32N2O6S4. The number of carbonyl (C=O) groups is 4. The van der Waals surface area contributed by atoms with Crippen LogP contribution in [-0.2, 0) is 19.1 Å². The zero-order valence-electron chi connectivity index (χ0n) is 24.5. The number of carbonyl (C=O) groups excluding carboxylic acids is 4. The van der Waals surface area contributed by atoms with Crippen LogP contribution < -0.4 is 9.80 Å². The van der Waals surface area contributed by atoms with Crippen molar-refractivity contribution in [1.29, 1.82) is 0 Å². The van der Waals surface area contributed by atoms with E-state index in [2.05, 4.69) is 50.5 Å². The van der Waals surface area contributed by atoms with Crippen molar-refractivity contribution in [3.63, 3.8) is 0 Å². The molecule has 3 aromatic rings. The van der Waals surface area contributed by atoms with Crippen LogP contribution in [0.15, 0.2) is 82.6 Å². The fraction of sp³-hybridized carbons (Fsp3) is 0.188. The number of anilines is 2. The molecule has 0 aliphatic carbocycles. The van der Waals surface area contributed by atoms with E-state index in [1.165, 1.54) is 9.80 Å². The summed E-state index contributed by atoms with van der Waals surface area (Å²) in [6.45, 7) is 3.85. The second kappa shape index (κ2) is 15.9. The lowest BCUT2D eigenvalue weighted by Crippen LogP contribution is -2.28. The SMILES string of the molecule is CCOC(=O)/C(S)=C(\S)c1ccc(N(C)C(=O)c2cccc(C(=O)N(C)c3ccc(/C(S)=C(\S)C(=O)OCC)cc3)c2)cc1. The summed E-state index contributed by atoms with van der Waals surface area (Å²) in [5.74, 6) is -1.79. The zero-order valence-corrected chi connectivity index (χ0v) is 28.1. The van der Waals surface area contributed by atoms with Crippen LogP contribution >= 0.6 is 50.5 Å². The molecule has 0 saturated carbocycles. The van der Waals surface area contributed by atoms with Gasteiger partial charge in [0.15, 0.2) is 0 Å². The van der Waals surface area contributed by atoms with Crippen molar-refractivity contribution in [1.82, 2.24) is 0 Å². The van der Waals surface area contributed by atoms with Gasteiger partial charge in [-0.05, 0) is 67.4 Å². The summed E-state index contributed by atoms with van der Waals surface area (Å²) in [6, 6.07) is 20.2. The van der Waals surface area contributed by atoms with Crippen molar-refractivity contribution in [2.24, 2.45) is 0 Å². The minimum atomic E-state index is -0.573. The van der Waals surface area contributed by atoms with Crippen molar-refractivity contribution in [3.8, 4) is 0 Å². The van der Waals surface area contributed by atoms with Crippen molar-refractivity contribution in [2.45, 2.75) is 13.8 Å². The van der Waals surface area contributed by atoms with E-state index in [4.69, 9.17) is 9.47 Å². The number of nitrogens with zero attached hydrogens (tertiary/aromatic N) is 2. The maximum absolute atomic E-state index is 13.3. The van der Waals surface area contributed by atoms with Crippen molar-refractivity contribution < 1.29 is 28.7 Å². The molecule has 0 bridgehead atoms. The van der Waals surface area contributed by atoms with Gasteiger partial charge in [-0.15, -0.1) is 50.5 Å². The fourth-order valence-electron chi connectivity index (χ4n) is 3.96. The Morgan fingerprint density at radius 1 is 0.568 bits per heavy atom. The highest BCUT2D eigenvalue weighted by Gasteiger charge is 2.20. The van der Waals surface area contributed by atoms with Crippen LogP contribution in [0.4, 0.5) is 11.4 Å². The van der Waals surface area contributed by atoms with Gasteiger partial charge in [-0.1, -0.05) is 30.3 Å². The molecule has 3 aromatic carbocycles. The van der Waals surface area contributed by atoms with Crippen LogP contribution in [0.5, 0.6) is 0 Å². The summed E-state index contributed by atoms with van der Waals surface area (Å²) in [4.78, 5) is 54.4. The van der Waals surface area contributed by atoms with Gasteiger partial charge in [0.1, 0.15) is 9.81 Å². The molecule has 0 aliphatic rings. The fourth-order valence-corrected chi connectivity index (χ4v) is 4.83. The molecule has 0 unspecified atom stereocenters. The summed E-state index contributed by atoms with van der Waals surface area (Å²) >= 11 is 17.2. The van der Waals surface area contributed by atoms with Crippen LogP contribution in [0.3, 0.4) is 0 Å². The highest BCUT2D eigenvalue weighted by atomic mass is 32.1. The second-order valence-corrected chi connectivity index (χ2v) is 11.0. The Kier molecular flexibility index (Phi) is 12.6. The van der Waals surface area contributed by atoms with Gasteiger partial charge >= 0.3 is 11.9 Å². The Hall–Kier alpha value is -3.58. The summed E-state index contributed by atoms with van der Waals surface area (Å²) < 4.78 is 9.93. The molecule has 0 heterocycles. The quantitative estimate of drug-likeness (QED) is 0.113. The number of hydrogen-bond acceptors (Lipinski definition) is 10. The van der Waals surface area contributed by atoms with Gasteiger partial charge in [0, 0.05) is 46.4 Å². The summed E-state index contributed by atoms with van der Waals surface area (Å²) in [5, 5.41) is 0. The van der Waals surface area contributed by atoms with Gasteiger partial charge in [0.2, 0.25) is 0 Å². The molecule has 2 amide bonds. The van der Waals surface area contributed by atoms with Gasteiger partial charge in [-0.2, -0.15) is 0 Å². The maximum atomic E-state index is 13.3. The molecule has 0 aliphatic heterocycles. The van der Waals surface area contributed by atoms with Crippen LogP contribution in [-0.4, -0.2) is 51.1 Å². The Morgan fingerprint density at radius 3 is 1.23 bits per heavy atom. The number of amides is 2. The van der Waals surface area contributed by atoms with E-state index < -0.39 is 11.9 Å². The van der Waals surface area contributed by atoms with Crippen molar-refractivity contribution in [2.75, 3.05) is 37.1 Å². The monoisotopic (exact) mass is 668 g/mol. The molecule has 8 nitrogen and oxygen atoms in total. The molecule has 44 heavy (non-hydrogen) atoms. The number of rotatable bonds is 10. The van der Waals surface area contributed by atoms with E-state index in [0.29, 0.717) is 43.4 Å². The first-order valence-corrected chi connectivity index (χ1v) is 15.2. The average Bonchev–Trinajstić information content (AvgIpc) is 3.05. The first-order chi connectivity index (χ1) is 20.9. The minimum absolute atomic E-state index is 0.0823. The Labute approximate surface area is 278 Å². The van der Waals surface area contributed by atoms with Crippen LogP contribution in [0.25, 0.3) is 9.81 Å². The van der Waals surface area contributed by atoms with Gasteiger partial charge in [-0.3, -0.25) is 9.59 Å². The van der Waals surface area contributed by atoms with Gasteiger partial charge in [0.25, 0.3) is 11.8 Å². The number of thiol groups is 4. The largest absolute Gasteiger partial charge is 0.462 e. The Balaban J connectivity index is 1.76. The standard InChI is InChI=1S/C32H32N2O6S4/c1-5-39-31(37)27(43)25(41)19-10-14-23(15-11-19)33(3)29(35)21-8-7-9-22(18-21)30(36)34(4)24-16-12-20(13-17-24)26(42)28(44)32(38)40-6-2/h7-18,41-44H,5-6H2,1-4H3/b27-25+,28-26+. The first kappa shape index (κ1) is 34.9. The number of benzene rings is 3. The molecule has 0 atom stereocenters. The highest BCUT2D eigenvalue weighted by molar-refractivity contribution is 7.94. The topological polar surface area (TPSA) is 93.2 Å². The molecule has 0 saturated heterocycles. The van der Waals surface area contributed by atoms with E-state index in [-0.39, 0.29) is 34.8 Å². The first-order valence-electron chi connectivity index (χ1n) is 13.4. The third-order valence-corrected chi connectivity index (χ3v) is 8.54. The van der Waals surface area contributed by atoms with Crippen LogP contribution in [0.1, 0.15) is 45.7 Å². The second-order valence-electron chi connectivity index (χ2n) is 9.24. The molecule has 0 N–H and O–H groups in total. The van der Waals surface area contributed by atoms with Crippen LogP contribution in [0.2, 0.25) is 0 Å².